The minimum absolute atomic E-state index is 0.103. The lowest BCUT2D eigenvalue weighted by atomic mass is 10.2. The molecular weight excluding hydrogens is 194 g/mol. The van der Waals surface area contributed by atoms with Gasteiger partial charge in [0.1, 0.15) is 5.65 Å². The Kier molecular flexibility index (Phi) is 2.21. The number of pyridine rings is 1. The second-order valence-corrected chi connectivity index (χ2v) is 3.16. The number of aromatic nitrogens is 2. The molecule has 0 saturated carbocycles. The Bertz CT molecular complexity index is 542. The van der Waals surface area contributed by atoms with Gasteiger partial charge in [-0.1, -0.05) is 0 Å². The van der Waals surface area contributed by atoms with E-state index in [1.807, 2.05) is 16.7 Å². The van der Waals surface area contributed by atoms with Gasteiger partial charge in [0.05, 0.1) is 4.92 Å². The highest BCUT2D eigenvalue weighted by Gasteiger charge is 2.05. The van der Waals surface area contributed by atoms with Crippen molar-refractivity contribution >= 4 is 11.7 Å². The molecule has 0 aliphatic heterocycles. The number of nitro groups is 1. The van der Waals surface area contributed by atoms with Crippen LogP contribution in [0, 0.1) is 10.1 Å². The molecule has 0 spiro atoms. The fourth-order valence-corrected chi connectivity index (χ4v) is 1.36. The molecule has 0 unspecified atom stereocenters. The summed E-state index contributed by atoms with van der Waals surface area (Å²) in [4.78, 5) is 14.2. The van der Waals surface area contributed by atoms with Gasteiger partial charge in [0, 0.05) is 37.2 Å². The maximum absolute atomic E-state index is 10.5. The lowest BCUT2D eigenvalue weighted by Crippen LogP contribution is -1.94. The van der Waals surface area contributed by atoms with Crippen LogP contribution in [0.25, 0.3) is 11.7 Å². The molecule has 0 amide bonds. The number of hydrogen-bond acceptors (Lipinski definition) is 3. The van der Waals surface area contributed by atoms with Crippen LogP contribution in [0.1, 0.15) is 12.5 Å². The molecule has 76 valence electrons. The SMILES string of the molecule is C/C(=C/c1cccn2ccnc12)[N+](=O)[O-]. The fraction of sp³-hybridized carbons (Fsp3) is 0.100. The van der Waals surface area contributed by atoms with E-state index in [0.717, 1.165) is 11.2 Å². The molecule has 2 aromatic rings. The molecular formula is C10H9N3O2. The normalized spacial score (nSPS) is 11.9. The van der Waals surface area contributed by atoms with Gasteiger partial charge in [-0.05, 0) is 12.1 Å². The predicted octanol–water partition coefficient (Wildman–Crippen LogP) is 1.97. The third kappa shape index (κ3) is 1.71. The van der Waals surface area contributed by atoms with E-state index in [-0.39, 0.29) is 5.70 Å². The molecule has 2 heterocycles. The molecule has 0 aliphatic carbocycles. The Balaban J connectivity index is 2.57. The van der Waals surface area contributed by atoms with Gasteiger partial charge < -0.3 is 4.40 Å². The van der Waals surface area contributed by atoms with E-state index in [1.54, 1.807) is 18.5 Å². The van der Waals surface area contributed by atoms with Crippen molar-refractivity contribution in [2.45, 2.75) is 6.92 Å². The van der Waals surface area contributed by atoms with Gasteiger partial charge >= 0.3 is 0 Å². The van der Waals surface area contributed by atoms with Crippen molar-refractivity contribution in [3.63, 3.8) is 0 Å². The van der Waals surface area contributed by atoms with E-state index in [4.69, 9.17) is 0 Å². The van der Waals surface area contributed by atoms with Gasteiger partial charge in [-0.15, -0.1) is 0 Å². The van der Waals surface area contributed by atoms with Crippen molar-refractivity contribution in [3.8, 4) is 0 Å². The first-order chi connectivity index (χ1) is 7.18. The maximum Gasteiger partial charge on any atom is 0.243 e. The second kappa shape index (κ2) is 3.53. The molecule has 15 heavy (non-hydrogen) atoms. The topological polar surface area (TPSA) is 60.4 Å². The second-order valence-electron chi connectivity index (χ2n) is 3.16. The summed E-state index contributed by atoms with van der Waals surface area (Å²) in [5.41, 5.74) is 1.57. The van der Waals surface area contributed by atoms with Crippen LogP contribution < -0.4 is 0 Å². The summed E-state index contributed by atoms with van der Waals surface area (Å²) in [5.74, 6) is 0. The largest absolute Gasteiger partial charge is 0.307 e. The zero-order valence-corrected chi connectivity index (χ0v) is 8.12. The molecule has 5 nitrogen and oxygen atoms in total. The van der Waals surface area contributed by atoms with E-state index in [0.29, 0.717) is 0 Å². The molecule has 0 N–H and O–H groups in total. The van der Waals surface area contributed by atoms with Crippen molar-refractivity contribution < 1.29 is 4.92 Å². The third-order valence-corrected chi connectivity index (χ3v) is 2.10. The van der Waals surface area contributed by atoms with Crippen LogP contribution in [0.3, 0.4) is 0 Å². The van der Waals surface area contributed by atoms with Crippen LogP contribution in [-0.2, 0) is 0 Å². The highest BCUT2D eigenvalue weighted by atomic mass is 16.6. The highest BCUT2D eigenvalue weighted by molar-refractivity contribution is 5.65. The van der Waals surface area contributed by atoms with E-state index in [9.17, 15) is 10.1 Å². The van der Waals surface area contributed by atoms with Crippen LogP contribution in [-0.4, -0.2) is 14.3 Å². The molecule has 0 fully saturated rings. The van der Waals surface area contributed by atoms with Gasteiger partial charge in [0.25, 0.3) is 0 Å². The number of rotatable bonds is 2. The first-order valence-electron chi connectivity index (χ1n) is 4.43. The summed E-state index contributed by atoms with van der Waals surface area (Å²) in [6, 6.07) is 3.63. The number of fused-ring (bicyclic) bond motifs is 1. The predicted molar refractivity (Wildman–Crippen MR) is 55.8 cm³/mol. The zero-order valence-electron chi connectivity index (χ0n) is 8.12. The average Bonchev–Trinajstić information content (AvgIpc) is 2.66. The van der Waals surface area contributed by atoms with Crippen molar-refractivity contribution in [3.05, 3.63) is 52.1 Å². The lowest BCUT2D eigenvalue weighted by Gasteiger charge is -1.97. The standard InChI is InChI=1S/C10H9N3O2/c1-8(13(14)15)7-9-3-2-5-12-6-4-11-10(9)12/h2-7H,1H3/b8-7-. The number of imidazole rings is 1. The Morgan fingerprint density at radius 3 is 3.13 bits per heavy atom. The molecule has 0 bridgehead atoms. The first-order valence-corrected chi connectivity index (χ1v) is 4.43. The highest BCUT2D eigenvalue weighted by Crippen LogP contribution is 2.12. The monoisotopic (exact) mass is 203 g/mol. The summed E-state index contributed by atoms with van der Waals surface area (Å²) >= 11 is 0. The van der Waals surface area contributed by atoms with Crippen LogP contribution >= 0.6 is 0 Å². The Hall–Kier alpha value is -2.17. The van der Waals surface area contributed by atoms with Crippen LogP contribution in [0.2, 0.25) is 0 Å². The summed E-state index contributed by atoms with van der Waals surface area (Å²) in [6.45, 7) is 1.46. The van der Waals surface area contributed by atoms with Crippen LogP contribution in [0.5, 0.6) is 0 Å². The summed E-state index contributed by atoms with van der Waals surface area (Å²) in [7, 11) is 0. The third-order valence-electron chi connectivity index (χ3n) is 2.10. The molecule has 0 radical (unpaired) electrons. The first kappa shape index (κ1) is 9.39. The van der Waals surface area contributed by atoms with E-state index < -0.39 is 4.92 Å². The summed E-state index contributed by atoms with van der Waals surface area (Å²) in [6.07, 6.45) is 6.83. The Morgan fingerprint density at radius 1 is 1.60 bits per heavy atom. The molecule has 2 aromatic heterocycles. The number of hydrogen-bond donors (Lipinski definition) is 0. The minimum atomic E-state index is -0.410. The van der Waals surface area contributed by atoms with Crippen LogP contribution in [0.4, 0.5) is 0 Å². The van der Waals surface area contributed by atoms with Gasteiger partial charge in [-0.2, -0.15) is 0 Å². The molecule has 2 rings (SSSR count). The summed E-state index contributed by atoms with van der Waals surface area (Å²) < 4.78 is 1.82. The summed E-state index contributed by atoms with van der Waals surface area (Å²) in [5, 5.41) is 10.5. The molecule has 0 saturated heterocycles. The van der Waals surface area contributed by atoms with E-state index in [1.165, 1.54) is 13.0 Å². The number of allylic oxidation sites excluding steroid dienone is 1. The van der Waals surface area contributed by atoms with E-state index in [2.05, 4.69) is 4.98 Å². The molecule has 0 aromatic carbocycles. The average molecular weight is 203 g/mol. The number of nitrogens with zero attached hydrogens (tertiary/aromatic N) is 3. The zero-order chi connectivity index (χ0) is 10.8. The van der Waals surface area contributed by atoms with Gasteiger partial charge in [0.15, 0.2) is 0 Å². The Morgan fingerprint density at radius 2 is 2.40 bits per heavy atom. The van der Waals surface area contributed by atoms with Crippen molar-refractivity contribution in [2.24, 2.45) is 0 Å². The van der Waals surface area contributed by atoms with Crippen LogP contribution in [0.15, 0.2) is 36.4 Å². The van der Waals surface area contributed by atoms with Crippen molar-refractivity contribution in [1.82, 2.24) is 9.38 Å². The van der Waals surface area contributed by atoms with Crippen molar-refractivity contribution in [2.75, 3.05) is 0 Å². The molecule has 0 atom stereocenters. The van der Waals surface area contributed by atoms with Gasteiger partial charge in [0.2, 0.25) is 5.70 Å². The molecule has 0 aliphatic rings. The lowest BCUT2D eigenvalue weighted by molar-refractivity contribution is -0.422. The maximum atomic E-state index is 10.5. The minimum Gasteiger partial charge on any atom is -0.307 e. The quantitative estimate of drug-likeness (QED) is 0.553. The van der Waals surface area contributed by atoms with E-state index >= 15 is 0 Å². The molecule has 5 heteroatoms. The van der Waals surface area contributed by atoms with Gasteiger partial charge in [-0.3, -0.25) is 10.1 Å². The Labute approximate surface area is 85.8 Å². The van der Waals surface area contributed by atoms with Crippen molar-refractivity contribution in [1.29, 1.82) is 0 Å². The fourth-order valence-electron chi connectivity index (χ4n) is 1.36. The smallest absolute Gasteiger partial charge is 0.243 e. The van der Waals surface area contributed by atoms with Gasteiger partial charge in [-0.25, -0.2) is 4.98 Å².